The molecule has 120 valence electrons. The molecule has 2 rings (SSSR count). The van der Waals surface area contributed by atoms with E-state index in [2.05, 4.69) is 15.2 Å². The van der Waals surface area contributed by atoms with Crippen molar-refractivity contribution in [3.63, 3.8) is 0 Å². The zero-order chi connectivity index (χ0) is 16.7. The summed E-state index contributed by atoms with van der Waals surface area (Å²) < 4.78 is 26.0. The number of rotatable bonds is 6. The highest BCUT2D eigenvalue weighted by Crippen LogP contribution is 2.12. The summed E-state index contributed by atoms with van der Waals surface area (Å²) in [7, 11) is -3.74. The van der Waals surface area contributed by atoms with Crippen molar-refractivity contribution in [1.29, 1.82) is 0 Å². The number of amides is 1. The second-order valence-electron chi connectivity index (χ2n) is 4.49. The van der Waals surface area contributed by atoms with Crippen LogP contribution in [-0.2, 0) is 14.8 Å². The average Bonchev–Trinajstić information content (AvgIpc) is 2.56. The van der Waals surface area contributed by atoms with E-state index in [0.717, 1.165) is 0 Å². The first-order valence-electron chi connectivity index (χ1n) is 6.63. The quantitative estimate of drug-likeness (QED) is 0.537. The Morgan fingerprint density at radius 2 is 1.74 bits per heavy atom. The van der Waals surface area contributed by atoms with Crippen molar-refractivity contribution in [2.75, 3.05) is 6.54 Å². The second-order valence-corrected chi connectivity index (χ2v) is 6.26. The van der Waals surface area contributed by atoms with Crippen molar-refractivity contribution >= 4 is 22.1 Å². The Balaban J connectivity index is 1.87. The molecule has 0 saturated carbocycles. The number of para-hydroxylation sites is 1. The summed E-state index contributed by atoms with van der Waals surface area (Å²) in [6.45, 7) is -0.449. The number of phenolic OH excluding ortho intramolecular Hbond substituents is 1. The van der Waals surface area contributed by atoms with Crippen LogP contribution in [0.4, 0.5) is 0 Å². The molecule has 0 aromatic heterocycles. The third-order valence-electron chi connectivity index (χ3n) is 2.81. The Morgan fingerprint density at radius 1 is 1.09 bits per heavy atom. The highest BCUT2D eigenvalue weighted by molar-refractivity contribution is 7.89. The van der Waals surface area contributed by atoms with Gasteiger partial charge in [0.2, 0.25) is 10.0 Å². The van der Waals surface area contributed by atoms with Gasteiger partial charge in [-0.05, 0) is 24.3 Å². The maximum absolute atomic E-state index is 11.9. The molecule has 0 aliphatic rings. The Kier molecular flexibility index (Phi) is 5.45. The van der Waals surface area contributed by atoms with Gasteiger partial charge in [-0.25, -0.2) is 18.6 Å². The molecule has 0 aliphatic carbocycles. The van der Waals surface area contributed by atoms with E-state index in [4.69, 9.17) is 0 Å². The van der Waals surface area contributed by atoms with Gasteiger partial charge in [-0.15, -0.1) is 0 Å². The lowest BCUT2D eigenvalue weighted by molar-refractivity contribution is -0.119. The molecule has 0 saturated heterocycles. The van der Waals surface area contributed by atoms with E-state index in [0.29, 0.717) is 5.56 Å². The molecule has 0 fully saturated rings. The standard InChI is InChI=1S/C15H15N3O4S/c19-14-9-5-4-6-12(14)10-16-18-15(20)11-17-23(21,22)13-7-2-1-3-8-13/h1-10,17,19H,11H2,(H,18,20). The van der Waals surface area contributed by atoms with E-state index in [1.54, 1.807) is 36.4 Å². The summed E-state index contributed by atoms with van der Waals surface area (Å²) in [6, 6.07) is 14.2. The number of benzene rings is 2. The highest BCUT2D eigenvalue weighted by atomic mass is 32.2. The van der Waals surface area contributed by atoms with Crippen LogP contribution >= 0.6 is 0 Å². The van der Waals surface area contributed by atoms with E-state index in [-0.39, 0.29) is 10.6 Å². The number of hydrogen-bond donors (Lipinski definition) is 3. The van der Waals surface area contributed by atoms with Crippen LogP contribution in [0.1, 0.15) is 5.56 Å². The third kappa shape index (κ3) is 4.90. The van der Waals surface area contributed by atoms with E-state index < -0.39 is 22.5 Å². The zero-order valence-corrected chi connectivity index (χ0v) is 12.8. The van der Waals surface area contributed by atoms with Crippen molar-refractivity contribution in [2.45, 2.75) is 4.90 Å². The Morgan fingerprint density at radius 3 is 2.43 bits per heavy atom. The Bertz CT molecular complexity index is 804. The molecule has 0 aliphatic heterocycles. The van der Waals surface area contributed by atoms with E-state index in [1.807, 2.05) is 0 Å². The van der Waals surface area contributed by atoms with Gasteiger partial charge in [0.1, 0.15) is 5.75 Å². The molecule has 2 aromatic rings. The highest BCUT2D eigenvalue weighted by Gasteiger charge is 2.14. The number of carbonyl (C=O) groups is 1. The molecule has 0 unspecified atom stereocenters. The predicted octanol–water partition coefficient (Wildman–Crippen LogP) is 0.821. The molecule has 0 bridgehead atoms. The molecule has 8 heteroatoms. The first-order chi connectivity index (χ1) is 11.0. The zero-order valence-electron chi connectivity index (χ0n) is 12.0. The maximum Gasteiger partial charge on any atom is 0.255 e. The molecule has 7 nitrogen and oxygen atoms in total. The topological polar surface area (TPSA) is 108 Å². The van der Waals surface area contributed by atoms with Gasteiger partial charge in [0.05, 0.1) is 17.7 Å². The third-order valence-corrected chi connectivity index (χ3v) is 4.22. The van der Waals surface area contributed by atoms with Crippen LogP contribution in [-0.4, -0.2) is 32.2 Å². The van der Waals surface area contributed by atoms with Crippen molar-refractivity contribution in [3.8, 4) is 5.75 Å². The smallest absolute Gasteiger partial charge is 0.255 e. The van der Waals surface area contributed by atoms with Gasteiger partial charge in [0.25, 0.3) is 5.91 Å². The largest absolute Gasteiger partial charge is 0.507 e. The lowest BCUT2D eigenvalue weighted by Gasteiger charge is -2.05. The fourth-order valence-corrected chi connectivity index (χ4v) is 2.66. The molecule has 0 radical (unpaired) electrons. The number of hydrazone groups is 1. The minimum Gasteiger partial charge on any atom is -0.507 e. The number of carbonyl (C=O) groups excluding carboxylic acids is 1. The normalized spacial score (nSPS) is 11.5. The first-order valence-corrected chi connectivity index (χ1v) is 8.12. The summed E-state index contributed by atoms with van der Waals surface area (Å²) in [5.74, 6) is -0.605. The molecule has 0 heterocycles. The van der Waals surface area contributed by atoms with Crippen LogP contribution in [0, 0.1) is 0 Å². The molecular weight excluding hydrogens is 318 g/mol. The predicted molar refractivity (Wildman–Crippen MR) is 85.5 cm³/mol. The monoisotopic (exact) mass is 333 g/mol. The number of sulfonamides is 1. The number of aromatic hydroxyl groups is 1. The first kappa shape index (κ1) is 16.7. The molecule has 3 N–H and O–H groups in total. The molecule has 23 heavy (non-hydrogen) atoms. The fraction of sp³-hybridized carbons (Fsp3) is 0.0667. The van der Waals surface area contributed by atoms with Gasteiger partial charge >= 0.3 is 0 Å². The number of nitrogens with one attached hydrogen (secondary N) is 2. The summed E-state index contributed by atoms with van der Waals surface area (Å²) in [6.07, 6.45) is 1.26. The van der Waals surface area contributed by atoms with Gasteiger partial charge in [0, 0.05) is 5.56 Å². The SMILES string of the molecule is O=C(CNS(=O)(=O)c1ccccc1)NN=Cc1ccccc1O. The van der Waals surface area contributed by atoms with Crippen LogP contribution < -0.4 is 10.1 Å². The molecular formula is C15H15N3O4S. The van der Waals surface area contributed by atoms with Crippen LogP contribution in [0.2, 0.25) is 0 Å². The number of hydrogen-bond acceptors (Lipinski definition) is 5. The molecule has 2 aromatic carbocycles. The Labute approximate surface area is 133 Å². The van der Waals surface area contributed by atoms with Crippen molar-refractivity contribution in [1.82, 2.24) is 10.1 Å². The molecule has 0 spiro atoms. The average molecular weight is 333 g/mol. The van der Waals surface area contributed by atoms with Crippen molar-refractivity contribution in [2.24, 2.45) is 5.10 Å². The maximum atomic E-state index is 11.9. The Hall–Kier alpha value is -2.71. The molecule has 1 amide bonds. The fourth-order valence-electron chi connectivity index (χ4n) is 1.65. The van der Waals surface area contributed by atoms with Crippen LogP contribution in [0.15, 0.2) is 64.6 Å². The van der Waals surface area contributed by atoms with Gasteiger partial charge in [0.15, 0.2) is 0 Å². The minimum atomic E-state index is -3.74. The summed E-state index contributed by atoms with van der Waals surface area (Å²) in [5, 5.41) is 13.2. The summed E-state index contributed by atoms with van der Waals surface area (Å²) in [5.41, 5.74) is 2.60. The van der Waals surface area contributed by atoms with E-state index in [1.165, 1.54) is 24.4 Å². The van der Waals surface area contributed by atoms with Crippen LogP contribution in [0.25, 0.3) is 0 Å². The van der Waals surface area contributed by atoms with Gasteiger partial charge < -0.3 is 5.11 Å². The van der Waals surface area contributed by atoms with Gasteiger partial charge in [-0.1, -0.05) is 30.3 Å². The van der Waals surface area contributed by atoms with Crippen molar-refractivity contribution in [3.05, 3.63) is 60.2 Å². The summed E-state index contributed by atoms with van der Waals surface area (Å²) >= 11 is 0. The molecule has 0 atom stereocenters. The van der Waals surface area contributed by atoms with Gasteiger partial charge in [-0.2, -0.15) is 5.10 Å². The second kappa shape index (κ2) is 7.52. The number of phenols is 1. The number of nitrogens with zero attached hydrogens (tertiary/aromatic N) is 1. The van der Waals surface area contributed by atoms with Crippen LogP contribution in [0.3, 0.4) is 0 Å². The van der Waals surface area contributed by atoms with E-state index >= 15 is 0 Å². The lowest BCUT2D eigenvalue weighted by Crippen LogP contribution is -2.34. The summed E-state index contributed by atoms with van der Waals surface area (Å²) in [4.78, 5) is 11.7. The lowest BCUT2D eigenvalue weighted by atomic mass is 10.2. The van der Waals surface area contributed by atoms with E-state index in [9.17, 15) is 18.3 Å². The van der Waals surface area contributed by atoms with Crippen LogP contribution in [0.5, 0.6) is 5.75 Å². The minimum absolute atomic E-state index is 0.0234. The van der Waals surface area contributed by atoms with Gasteiger partial charge in [-0.3, -0.25) is 4.79 Å². The van der Waals surface area contributed by atoms with Crippen molar-refractivity contribution < 1.29 is 18.3 Å².